The SMILES string of the molecule is CCOCCO.COCCCO. The van der Waals surface area contributed by atoms with Gasteiger partial charge in [-0.3, -0.25) is 0 Å². The van der Waals surface area contributed by atoms with E-state index < -0.39 is 0 Å². The molecule has 0 saturated carbocycles. The van der Waals surface area contributed by atoms with Gasteiger partial charge in [-0.15, -0.1) is 0 Å². The lowest BCUT2D eigenvalue weighted by atomic mass is 10.5. The first-order chi connectivity index (χ1) is 5.83. The minimum absolute atomic E-state index is 0.133. The molecule has 0 rings (SSSR count). The van der Waals surface area contributed by atoms with E-state index in [1.54, 1.807) is 7.11 Å². The van der Waals surface area contributed by atoms with Gasteiger partial charge in [0.25, 0.3) is 0 Å². The highest BCUT2D eigenvalue weighted by Crippen LogP contribution is 1.73. The molecule has 0 aromatic heterocycles. The molecule has 12 heavy (non-hydrogen) atoms. The lowest BCUT2D eigenvalue weighted by Crippen LogP contribution is -1.96. The Bertz CT molecular complexity index is 43.0. The average Bonchev–Trinajstić information content (AvgIpc) is 2.12. The maximum Gasteiger partial charge on any atom is 0.0697 e. The third-order valence-corrected chi connectivity index (χ3v) is 0.946. The molecule has 4 nitrogen and oxygen atoms in total. The van der Waals surface area contributed by atoms with Crippen LogP contribution in [0.4, 0.5) is 0 Å². The highest BCUT2D eigenvalue weighted by Gasteiger charge is 1.75. The van der Waals surface area contributed by atoms with Crippen LogP contribution in [0.3, 0.4) is 0 Å². The fourth-order valence-corrected chi connectivity index (χ4v) is 0.418. The van der Waals surface area contributed by atoms with Gasteiger partial charge in [-0.2, -0.15) is 0 Å². The van der Waals surface area contributed by atoms with Gasteiger partial charge < -0.3 is 19.7 Å². The Morgan fingerprint density at radius 1 is 1.08 bits per heavy atom. The minimum atomic E-state index is 0.133. The standard InChI is InChI=1S/2C4H10O2/c1-6-4-2-3-5;1-2-6-4-3-5/h2*5H,2-4H2,1H3. The molecule has 0 amide bonds. The Hall–Kier alpha value is -0.160. The number of ether oxygens (including phenoxy) is 2. The molecule has 0 aromatic rings. The number of aliphatic hydroxyl groups is 2. The second-order valence-electron chi connectivity index (χ2n) is 1.99. The molecule has 0 fully saturated rings. The maximum atomic E-state index is 8.12. The largest absolute Gasteiger partial charge is 0.396 e. The zero-order valence-electron chi connectivity index (χ0n) is 7.95. The van der Waals surface area contributed by atoms with E-state index in [-0.39, 0.29) is 13.2 Å². The molecule has 0 aromatic carbocycles. The van der Waals surface area contributed by atoms with Crippen LogP contribution in [-0.4, -0.2) is 50.4 Å². The van der Waals surface area contributed by atoms with Crippen molar-refractivity contribution in [1.82, 2.24) is 0 Å². The van der Waals surface area contributed by atoms with Crippen molar-refractivity contribution in [2.24, 2.45) is 0 Å². The summed E-state index contributed by atoms with van der Waals surface area (Å²) in [5, 5.41) is 16.2. The summed E-state index contributed by atoms with van der Waals surface area (Å²) in [5.41, 5.74) is 0. The van der Waals surface area contributed by atoms with Gasteiger partial charge in [0.15, 0.2) is 0 Å². The lowest BCUT2D eigenvalue weighted by Gasteiger charge is -1.91. The highest BCUT2D eigenvalue weighted by atomic mass is 16.5. The Kier molecular flexibility index (Phi) is 20.4. The number of rotatable bonds is 6. The second-order valence-corrected chi connectivity index (χ2v) is 1.99. The predicted molar refractivity (Wildman–Crippen MR) is 47.2 cm³/mol. The van der Waals surface area contributed by atoms with Gasteiger partial charge in [-0.25, -0.2) is 0 Å². The number of hydrogen-bond donors (Lipinski definition) is 2. The summed E-state index contributed by atoms with van der Waals surface area (Å²) in [6, 6.07) is 0. The molecular weight excluding hydrogens is 160 g/mol. The van der Waals surface area contributed by atoms with Gasteiger partial charge in [0.1, 0.15) is 0 Å². The van der Waals surface area contributed by atoms with Crippen molar-refractivity contribution in [3.63, 3.8) is 0 Å². The van der Waals surface area contributed by atoms with E-state index >= 15 is 0 Å². The van der Waals surface area contributed by atoms with Gasteiger partial charge in [-0.1, -0.05) is 0 Å². The molecule has 4 heteroatoms. The zero-order valence-corrected chi connectivity index (χ0v) is 7.95. The molecular formula is C8H20O4. The summed E-state index contributed by atoms with van der Waals surface area (Å²) >= 11 is 0. The van der Waals surface area contributed by atoms with Gasteiger partial charge in [0.05, 0.1) is 13.2 Å². The maximum absolute atomic E-state index is 8.12. The normalized spacial score (nSPS) is 9.00. The molecule has 0 aliphatic rings. The summed E-state index contributed by atoms with van der Waals surface area (Å²) in [4.78, 5) is 0. The smallest absolute Gasteiger partial charge is 0.0697 e. The van der Waals surface area contributed by atoms with E-state index in [9.17, 15) is 0 Å². The van der Waals surface area contributed by atoms with Crippen LogP contribution >= 0.6 is 0 Å². The van der Waals surface area contributed by atoms with Crippen molar-refractivity contribution in [2.45, 2.75) is 13.3 Å². The Balaban J connectivity index is 0. The highest BCUT2D eigenvalue weighted by molar-refractivity contribution is 4.25. The zero-order chi connectivity index (χ0) is 9.66. The van der Waals surface area contributed by atoms with Gasteiger partial charge >= 0.3 is 0 Å². The van der Waals surface area contributed by atoms with Crippen LogP contribution in [0.5, 0.6) is 0 Å². The predicted octanol–water partition coefficient (Wildman–Crippen LogP) is 0.0304. The Morgan fingerprint density at radius 3 is 1.92 bits per heavy atom. The molecule has 0 bridgehead atoms. The van der Waals surface area contributed by atoms with Crippen molar-refractivity contribution in [3.8, 4) is 0 Å². The van der Waals surface area contributed by atoms with Crippen molar-refractivity contribution in [3.05, 3.63) is 0 Å². The van der Waals surface area contributed by atoms with E-state index in [1.807, 2.05) is 6.92 Å². The summed E-state index contributed by atoms with van der Waals surface area (Å²) in [7, 11) is 1.62. The number of aliphatic hydroxyl groups excluding tert-OH is 2. The summed E-state index contributed by atoms with van der Waals surface area (Å²) in [6.45, 7) is 4.09. The minimum Gasteiger partial charge on any atom is -0.396 e. The Morgan fingerprint density at radius 2 is 1.75 bits per heavy atom. The summed E-state index contributed by atoms with van der Waals surface area (Å²) in [6.07, 6.45) is 0.747. The van der Waals surface area contributed by atoms with E-state index in [1.165, 1.54) is 0 Å². The first kappa shape index (κ1) is 14.4. The fraction of sp³-hybridized carbons (Fsp3) is 1.00. The molecule has 0 spiro atoms. The molecule has 0 aliphatic heterocycles. The third-order valence-electron chi connectivity index (χ3n) is 0.946. The van der Waals surface area contributed by atoms with Crippen molar-refractivity contribution >= 4 is 0 Å². The van der Waals surface area contributed by atoms with Crippen molar-refractivity contribution in [2.75, 3.05) is 40.1 Å². The quantitative estimate of drug-likeness (QED) is 0.566. The van der Waals surface area contributed by atoms with Crippen LogP contribution in [-0.2, 0) is 9.47 Å². The van der Waals surface area contributed by atoms with Crippen LogP contribution in [0.2, 0.25) is 0 Å². The van der Waals surface area contributed by atoms with Crippen LogP contribution in [0, 0.1) is 0 Å². The van der Waals surface area contributed by atoms with Crippen LogP contribution < -0.4 is 0 Å². The summed E-state index contributed by atoms with van der Waals surface area (Å²) < 4.78 is 9.35. The number of methoxy groups -OCH3 is 1. The third kappa shape index (κ3) is 22.5. The molecule has 0 radical (unpaired) electrons. The van der Waals surface area contributed by atoms with Crippen LogP contribution in [0.1, 0.15) is 13.3 Å². The first-order valence-corrected chi connectivity index (χ1v) is 4.11. The van der Waals surface area contributed by atoms with Crippen LogP contribution in [0.25, 0.3) is 0 Å². The van der Waals surface area contributed by atoms with Crippen molar-refractivity contribution in [1.29, 1.82) is 0 Å². The second kappa shape index (κ2) is 17.1. The first-order valence-electron chi connectivity index (χ1n) is 4.11. The van der Waals surface area contributed by atoms with Crippen molar-refractivity contribution < 1.29 is 19.7 Å². The molecule has 0 saturated heterocycles. The van der Waals surface area contributed by atoms with E-state index in [0.717, 1.165) is 6.42 Å². The molecule has 2 N–H and O–H groups in total. The molecule has 0 heterocycles. The van der Waals surface area contributed by atoms with Crippen LogP contribution in [0.15, 0.2) is 0 Å². The van der Waals surface area contributed by atoms with Gasteiger partial charge in [0.2, 0.25) is 0 Å². The lowest BCUT2D eigenvalue weighted by molar-refractivity contribution is 0.102. The van der Waals surface area contributed by atoms with Gasteiger partial charge in [0, 0.05) is 26.9 Å². The Labute approximate surface area is 74.1 Å². The van der Waals surface area contributed by atoms with E-state index in [0.29, 0.717) is 19.8 Å². The monoisotopic (exact) mass is 180 g/mol. The number of hydrogen-bond acceptors (Lipinski definition) is 4. The molecule has 76 valence electrons. The fourth-order valence-electron chi connectivity index (χ4n) is 0.418. The molecule has 0 aliphatic carbocycles. The average molecular weight is 180 g/mol. The van der Waals surface area contributed by atoms with E-state index in [2.05, 4.69) is 4.74 Å². The van der Waals surface area contributed by atoms with E-state index in [4.69, 9.17) is 14.9 Å². The van der Waals surface area contributed by atoms with Gasteiger partial charge in [-0.05, 0) is 13.3 Å². The molecule has 0 atom stereocenters. The topological polar surface area (TPSA) is 58.9 Å². The molecule has 0 unspecified atom stereocenters. The summed E-state index contributed by atoms with van der Waals surface area (Å²) in [5.74, 6) is 0.